The molecule has 0 aliphatic rings. The van der Waals surface area contributed by atoms with Crippen LogP contribution in [0.25, 0.3) is 11.0 Å². The van der Waals surface area contributed by atoms with Crippen molar-refractivity contribution in [1.82, 2.24) is 9.97 Å². The van der Waals surface area contributed by atoms with Crippen molar-refractivity contribution in [3.8, 4) is 0 Å². The molecule has 1 heterocycles. The molecule has 3 rings (SSSR count). The zero-order chi connectivity index (χ0) is 16.4. The van der Waals surface area contributed by atoms with E-state index in [1.807, 2.05) is 24.3 Å². The molecule has 0 saturated carbocycles. The van der Waals surface area contributed by atoms with Crippen LogP contribution in [0.15, 0.2) is 48.5 Å². The van der Waals surface area contributed by atoms with Crippen molar-refractivity contribution < 1.29 is 13.2 Å². The third-order valence-corrected chi connectivity index (χ3v) is 4.10. The number of carbonyl (C=O) groups excluding carboxylic acids is 1. The van der Waals surface area contributed by atoms with Crippen LogP contribution in [0, 0.1) is 0 Å². The molecule has 0 aliphatic carbocycles. The van der Waals surface area contributed by atoms with Gasteiger partial charge in [-0.25, -0.2) is 13.4 Å². The number of carbonyl (C=O) groups is 1. The number of hydrogen-bond acceptors (Lipinski definition) is 4. The molecule has 0 saturated heterocycles. The number of rotatable bonds is 4. The Morgan fingerprint density at radius 2 is 1.96 bits per heavy atom. The molecule has 7 heteroatoms. The number of sulfone groups is 1. The van der Waals surface area contributed by atoms with Crippen LogP contribution in [0.5, 0.6) is 0 Å². The van der Waals surface area contributed by atoms with Crippen LogP contribution in [-0.4, -0.2) is 30.5 Å². The molecule has 6 nitrogen and oxygen atoms in total. The molecule has 0 bridgehead atoms. The number of benzene rings is 2. The summed E-state index contributed by atoms with van der Waals surface area (Å²) in [7, 11) is -3.15. The minimum atomic E-state index is -3.15. The smallest absolute Gasteiger partial charge is 0.257 e. The largest absolute Gasteiger partial charge is 0.324 e. The van der Waals surface area contributed by atoms with Gasteiger partial charge in [-0.3, -0.25) is 10.1 Å². The fourth-order valence-electron chi connectivity index (χ4n) is 2.30. The molecule has 0 radical (unpaired) electrons. The highest BCUT2D eigenvalue weighted by Crippen LogP contribution is 2.15. The molecule has 0 spiro atoms. The van der Waals surface area contributed by atoms with Gasteiger partial charge in [-0.2, -0.15) is 0 Å². The number of anilines is 1. The summed E-state index contributed by atoms with van der Waals surface area (Å²) in [4.78, 5) is 19.6. The highest BCUT2D eigenvalue weighted by Gasteiger charge is 2.11. The average molecular weight is 329 g/mol. The molecule has 0 fully saturated rings. The summed E-state index contributed by atoms with van der Waals surface area (Å²) in [5.41, 5.74) is 2.54. The lowest BCUT2D eigenvalue weighted by atomic mass is 10.1. The zero-order valence-electron chi connectivity index (χ0n) is 12.4. The average Bonchev–Trinajstić information content (AvgIpc) is 2.87. The Balaban J connectivity index is 1.81. The molecule has 1 aromatic heterocycles. The first-order valence-corrected chi connectivity index (χ1v) is 8.99. The van der Waals surface area contributed by atoms with E-state index in [4.69, 9.17) is 0 Å². The first-order chi connectivity index (χ1) is 10.9. The van der Waals surface area contributed by atoms with Gasteiger partial charge >= 0.3 is 0 Å². The van der Waals surface area contributed by atoms with Crippen LogP contribution in [0.3, 0.4) is 0 Å². The van der Waals surface area contributed by atoms with Crippen LogP contribution in [0.2, 0.25) is 0 Å². The minimum Gasteiger partial charge on any atom is -0.324 e. The van der Waals surface area contributed by atoms with Gasteiger partial charge in [-0.05, 0) is 29.8 Å². The summed E-state index contributed by atoms with van der Waals surface area (Å²) in [5, 5.41) is 2.68. The van der Waals surface area contributed by atoms with E-state index in [9.17, 15) is 13.2 Å². The van der Waals surface area contributed by atoms with Gasteiger partial charge in [0.25, 0.3) is 5.91 Å². The Bertz CT molecular complexity index is 944. The number of H-pyrrole nitrogens is 1. The summed E-state index contributed by atoms with van der Waals surface area (Å²) in [6, 6.07) is 14.0. The third-order valence-electron chi connectivity index (χ3n) is 3.24. The van der Waals surface area contributed by atoms with Gasteiger partial charge in [0.2, 0.25) is 5.95 Å². The third kappa shape index (κ3) is 3.75. The second-order valence-electron chi connectivity index (χ2n) is 5.33. The monoisotopic (exact) mass is 329 g/mol. The van der Waals surface area contributed by atoms with Crippen LogP contribution < -0.4 is 5.32 Å². The van der Waals surface area contributed by atoms with E-state index >= 15 is 0 Å². The van der Waals surface area contributed by atoms with Gasteiger partial charge in [0.15, 0.2) is 9.84 Å². The van der Waals surface area contributed by atoms with E-state index in [-0.39, 0.29) is 11.7 Å². The summed E-state index contributed by atoms with van der Waals surface area (Å²) >= 11 is 0. The number of hydrogen-bond donors (Lipinski definition) is 2. The van der Waals surface area contributed by atoms with Crippen molar-refractivity contribution in [2.24, 2.45) is 0 Å². The summed E-state index contributed by atoms with van der Waals surface area (Å²) in [6.45, 7) is 0. The molecule has 2 aromatic carbocycles. The van der Waals surface area contributed by atoms with Gasteiger partial charge in [0.05, 0.1) is 16.8 Å². The Kier molecular flexibility index (Phi) is 3.87. The Hall–Kier alpha value is -2.67. The van der Waals surface area contributed by atoms with Gasteiger partial charge < -0.3 is 4.98 Å². The van der Waals surface area contributed by atoms with Crippen LogP contribution in [0.4, 0.5) is 5.95 Å². The zero-order valence-corrected chi connectivity index (χ0v) is 13.2. The van der Waals surface area contributed by atoms with Crippen molar-refractivity contribution in [1.29, 1.82) is 0 Å². The molecule has 0 unspecified atom stereocenters. The van der Waals surface area contributed by atoms with Crippen LogP contribution >= 0.6 is 0 Å². The molecular formula is C16H15N3O3S. The van der Waals surface area contributed by atoms with E-state index in [1.165, 1.54) is 0 Å². The number of fused-ring (bicyclic) bond motifs is 1. The predicted molar refractivity (Wildman–Crippen MR) is 89.0 cm³/mol. The van der Waals surface area contributed by atoms with Gasteiger partial charge in [-0.1, -0.05) is 24.3 Å². The van der Waals surface area contributed by atoms with E-state index in [2.05, 4.69) is 15.3 Å². The second-order valence-corrected chi connectivity index (χ2v) is 7.47. The Labute approximate surface area is 133 Å². The summed E-state index contributed by atoms with van der Waals surface area (Å²) in [5.74, 6) is -0.0946. The standard InChI is InChI=1S/C16H15N3O3S/c1-23(21,22)10-11-5-4-6-12(9-11)15(20)19-16-17-13-7-2-3-8-14(13)18-16/h2-9H,10H2,1H3,(H2,17,18,19,20). The molecule has 0 aliphatic heterocycles. The Morgan fingerprint density at radius 1 is 1.17 bits per heavy atom. The lowest BCUT2D eigenvalue weighted by Gasteiger charge is -2.04. The molecular weight excluding hydrogens is 314 g/mol. The second kappa shape index (κ2) is 5.85. The highest BCUT2D eigenvalue weighted by atomic mass is 32.2. The van der Waals surface area contributed by atoms with Gasteiger partial charge in [0.1, 0.15) is 0 Å². The number of para-hydroxylation sites is 2. The molecule has 3 aromatic rings. The van der Waals surface area contributed by atoms with Gasteiger partial charge in [0, 0.05) is 11.8 Å². The number of aromatic amines is 1. The van der Waals surface area contributed by atoms with E-state index in [1.54, 1.807) is 24.3 Å². The summed E-state index contributed by atoms with van der Waals surface area (Å²) < 4.78 is 22.7. The number of amides is 1. The topological polar surface area (TPSA) is 91.9 Å². The predicted octanol–water partition coefficient (Wildman–Crippen LogP) is 2.36. The maximum absolute atomic E-state index is 12.3. The van der Waals surface area contributed by atoms with E-state index in [0.29, 0.717) is 17.1 Å². The Morgan fingerprint density at radius 3 is 2.70 bits per heavy atom. The first kappa shape index (κ1) is 15.2. The minimum absolute atomic E-state index is 0.0985. The lowest BCUT2D eigenvalue weighted by molar-refractivity contribution is 0.102. The van der Waals surface area contributed by atoms with E-state index in [0.717, 1.165) is 17.3 Å². The first-order valence-electron chi connectivity index (χ1n) is 6.93. The number of nitrogens with zero attached hydrogens (tertiary/aromatic N) is 1. The van der Waals surface area contributed by atoms with Crippen LogP contribution in [-0.2, 0) is 15.6 Å². The number of imidazole rings is 1. The number of nitrogens with one attached hydrogen (secondary N) is 2. The highest BCUT2D eigenvalue weighted by molar-refractivity contribution is 7.89. The molecule has 23 heavy (non-hydrogen) atoms. The maximum Gasteiger partial charge on any atom is 0.257 e. The fourth-order valence-corrected chi connectivity index (χ4v) is 3.08. The van der Waals surface area contributed by atoms with Crippen LogP contribution in [0.1, 0.15) is 15.9 Å². The van der Waals surface area contributed by atoms with Crippen molar-refractivity contribution >= 4 is 32.7 Å². The molecule has 0 atom stereocenters. The maximum atomic E-state index is 12.3. The number of aromatic nitrogens is 2. The van der Waals surface area contributed by atoms with Crippen molar-refractivity contribution in [3.63, 3.8) is 0 Å². The quantitative estimate of drug-likeness (QED) is 0.768. The fraction of sp³-hybridized carbons (Fsp3) is 0.125. The molecule has 2 N–H and O–H groups in total. The van der Waals surface area contributed by atoms with Crippen molar-refractivity contribution in [2.75, 3.05) is 11.6 Å². The van der Waals surface area contributed by atoms with Crippen molar-refractivity contribution in [2.45, 2.75) is 5.75 Å². The lowest BCUT2D eigenvalue weighted by Crippen LogP contribution is -2.13. The SMILES string of the molecule is CS(=O)(=O)Cc1cccc(C(=O)Nc2nc3ccccc3[nH]2)c1. The van der Waals surface area contributed by atoms with Crippen molar-refractivity contribution in [3.05, 3.63) is 59.7 Å². The normalized spacial score (nSPS) is 11.5. The van der Waals surface area contributed by atoms with Gasteiger partial charge in [-0.15, -0.1) is 0 Å². The molecule has 118 valence electrons. The van der Waals surface area contributed by atoms with E-state index < -0.39 is 9.84 Å². The molecule has 1 amide bonds. The summed E-state index contributed by atoms with van der Waals surface area (Å²) in [6.07, 6.45) is 1.16.